The third-order valence-electron chi connectivity index (χ3n) is 2.12. The molecule has 0 aliphatic heterocycles. The van der Waals surface area contributed by atoms with Crippen LogP contribution < -0.4 is 5.73 Å². The highest BCUT2D eigenvalue weighted by Gasteiger charge is 2.30. The summed E-state index contributed by atoms with van der Waals surface area (Å²) < 4.78 is 37.1. The van der Waals surface area contributed by atoms with E-state index in [4.69, 9.17) is 5.73 Å². The average molecular weight is 215 g/mol. The van der Waals surface area contributed by atoms with Crippen LogP contribution in [0.25, 0.3) is 6.08 Å². The highest BCUT2D eigenvalue weighted by molar-refractivity contribution is 5.54. The zero-order valence-corrected chi connectivity index (χ0v) is 8.31. The van der Waals surface area contributed by atoms with Crippen LogP contribution in [0.4, 0.5) is 13.2 Å². The van der Waals surface area contributed by atoms with E-state index in [1.54, 1.807) is 6.92 Å². The zero-order valence-electron chi connectivity index (χ0n) is 8.31. The maximum atomic E-state index is 12.4. The highest BCUT2D eigenvalue weighted by Crippen LogP contribution is 2.31. The van der Waals surface area contributed by atoms with E-state index in [2.05, 4.69) is 6.58 Å². The molecule has 0 fully saturated rings. The fourth-order valence-electron chi connectivity index (χ4n) is 1.34. The van der Waals surface area contributed by atoms with Crippen LogP contribution in [0.1, 0.15) is 29.7 Å². The number of alkyl halides is 3. The summed E-state index contributed by atoms with van der Waals surface area (Å²) in [7, 11) is 0. The van der Waals surface area contributed by atoms with Crippen molar-refractivity contribution in [2.24, 2.45) is 5.73 Å². The van der Waals surface area contributed by atoms with Gasteiger partial charge in [-0.25, -0.2) is 0 Å². The monoisotopic (exact) mass is 215 g/mol. The summed E-state index contributed by atoms with van der Waals surface area (Å²) in [5.41, 5.74) is 6.04. The lowest BCUT2D eigenvalue weighted by Gasteiger charge is -2.13. The van der Waals surface area contributed by atoms with Crippen molar-refractivity contribution in [3.63, 3.8) is 0 Å². The number of hydrogen-bond donors (Lipinski definition) is 1. The van der Waals surface area contributed by atoms with Crippen LogP contribution >= 0.6 is 0 Å². The minimum absolute atomic E-state index is 0.305. The molecule has 1 rings (SSSR count). The molecule has 0 amide bonds. The van der Waals surface area contributed by atoms with Gasteiger partial charge in [-0.3, -0.25) is 0 Å². The molecule has 1 aromatic carbocycles. The Labute approximate surface area is 86.4 Å². The van der Waals surface area contributed by atoms with Crippen molar-refractivity contribution >= 4 is 6.08 Å². The SMILES string of the molecule is C=Cc1cc(C(F)(F)F)ccc1C(C)N. The first-order valence-corrected chi connectivity index (χ1v) is 4.45. The van der Waals surface area contributed by atoms with Crippen molar-refractivity contribution in [3.8, 4) is 0 Å². The minimum Gasteiger partial charge on any atom is -0.324 e. The van der Waals surface area contributed by atoms with E-state index in [0.717, 1.165) is 12.1 Å². The highest BCUT2D eigenvalue weighted by atomic mass is 19.4. The van der Waals surface area contributed by atoms with Gasteiger partial charge in [-0.15, -0.1) is 0 Å². The molecule has 0 radical (unpaired) electrons. The van der Waals surface area contributed by atoms with Gasteiger partial charge in [0.25, 0.3) is 0 Å². The largest absolute Gasteiger partial charge is 0.416 e. The van der Waals surface area contributed by atoms with Gasteiger partial charge >= 0.3 is 6.18 Å². The summed E-state index contributed by atoms with van der Waals surface area (Å²) in [5, 5.41) is 0. The molecule has 0 heterocycles. The van der Waals surface area contributed by atoms with Crippen molar-refractivity contribution in [3.05, 3.63) is 41.5 Å². The first-order chi connectivity index (χ1) is 6.86. The molecule has 1 aromatic rings. The lowest BCUT2D eigenvalue weighted by Crippen LogP contribution is -2.10. The maximum Gasteiger partial charge on any atom is 0.416 e. The third kappa shape index (κ3) is 2.59. The second kappa shape index (κ2) is 4.06. The van der Waals surface area contributed by atoms with Gasteiger partial charge in [-0.2, -0.15) is 13.2 Å². The molecule has 1 unspecified atom stereocenters. The van der Waals surface area contributed by atoms with Crippen LogP contribution in [0.15, 0.2) is 24.8 Å². The Morgan fingerprint density at radius 3 is 2.40 bits per heavy atom. The Kier molecular flexibility index (Phi) is 3.19. The molecule has 82 valence electrons. The first kappa shape index (κ1) is 11.8. The average Bonchev–Trinajstić information content (AvgIpc) is 2.15. The van der Waals surface area contributed by atoms with Crippen LogP contribution in [0.5, 0.6) is 0 Å². The second-order valence-corrected chi connectivity index (χ2v) is 3.33. The molecular formula is C11H12F3N. The van der Waals surface area contributed by atoms with Gasteiger partial charge in [-0.05, 0) is 30.2 Å². The van der Waals surface area contributed by atoms with E-state index in [1.165, 1.54) is 12.1 Å². The molecule has 0 aliphatic rings. The third-order valence-corrected chi connectivity index (χ3v) is 2.12. The molecule has 0 bridgehead atoms. The van der Waals surface area contributed by atoms with E-state index in [-0.39, 0.29) is 6.04 Å². The van der Waals surface area contributed by atoms with E-state index in [0.29, 0.717) is 11.1 Å². The van der Waals surface area contributed by atoms with Gasteiger partial charge in [-0.1, -0.05) is 18.7 Å². The standard InChI is InChI=1S/C11H12F3N/c1-3-8-6-9(11(12,13)14)4-5-10(8)7(2)15/h3-7H,1,15H2,2H3. The Balaban J connectivity index is 3.25. The molecule has 0 aromatic heterocycles. The Morgan fingerprint density at radius 2 is 2.00 bits per heavy atom. The molecule has 0 saturated heterocycles. The summed E-state index contributed by atoms with van der Waals surface area (Å²) >= 11 is 0. The molecule has 0 spiro atoms. The number of rotatable bonds is 2. The van der Waals surface area contributed by atoms with E-state index < -0.39 is 11.7 Å². The topological polar surface area (TPSA) is 26.0 Å². The lowest BCUT2D eigenvalue weighted by molar-refractivity contribution is -0.137. The smallest absolute Gasteiger partial charge is 0.324 e. The first-order valence-electron chi connectivity index (χ1n) is 4.45. The van der Waals surface area contributed by atoms with Crippen molar-refractivity contribution in [2.45, 2.75) is 19.1 Å². The zero-order chi connectivity index (χ0) is 11.6. The van der Waals surface area contributed by atoms with Crippen LogP contribution in [-0.4, -0.2) is 0 Å². The number of benzene rings is 1. The Bertz CT molecular complexity index is 367. The molecule has 0 aliphatic carbocycles. The quantitative estimate of drug-likeness (QED) is 0.804. The van der Waals surface area contributed by atoms with Gasteiger partial charge in [0.05, 0.1) is 5.56 Å². The summed E-state index contributed by atoms with van der Waals surface area (Å²) in [6.45, 7) is 5.19. The Hall–Kier alpha value is -1.29. The van der Waals surface area contributed by atoms with Gasteiger partial charge in [0.1, 0.15) is 0 Å². The van der Waals surface area contributed by atoms with Gasteiger partial charge in [0, 0.05) is 6.04 Å². The molecule has 1 atom stereocenters. The lowest BCUT2D eigenvalue weighted by atomic mass is 9.99. The van der Waals surface area contributed by atoms with Crippen LogP contribution in [-0.2, 0) is 6.18 Å². The van der Waals surface area contributed by atoms with Crippen molar-refractivity contribution in [2.75, 3.05) is 0 Å². The van der Waals surface area contributed by atoms with Crippen LogP contribution in [0, 0.1) is 0 Å². The van der Waals surface area contributed by atoms with Gasteiger partial charge in [0.2, 0.25) is 0 Å². The van der Waals surface area contributed by atoms with Gasteiger partial charge in [0.15, 0.2) is 0 Å². The van der Waals surface area contributed by atoms with E-state index in [9.17, 15) is 13.2 Å². The fraction of sp³-hybridized carbons (Fsp3) is 0.273. The number of nitrogens with two attached hydrogens (primary N) is 1. The van der Waals surface area contributed by atoms with Crippen molar-refractivity contribution in [1.29, 1.82) is 0 Å². The normalized spacial score (nSPS) is 13.7. The summed E-state index contributed by atoms with van der Waals surface area (Å²) in [6, 6.07) is 3.18. The predicted molar refractivity (Wildman–Crippen MR) is 54.1 cm³/mol. The van der Waals surface area contributed by atoms with E-state index in [1.807, 2.05) is 0 Å². The Morgan fingerprint density at radius 1 is 1.40 bits per heavy atom. The molecule has 2 N–H and O–H groups in total. The van der Waals surface area contributed by atoms with Crippen LogP contribution in [0.3, 0.4) is 0 Å². The molecule has 0 saturated carbocycles. The summed E-state index contributed by atoms with van der Waals surface area (Å²) in [4.78, 5) is 0. The molecule has 1 nitrogen and oxygen atoms in total. The predicted octanol–water partition coefficient (Wildman–Crippen LogP) is 3.37. The number of halogens is 3. The fourth-order valence-corrected chi connectivity index (χ4v) is 1.34. The second-order valence-electron chi connectivity index (χ2n) is 3.33. The molecule has 15 heavy (non-hydrogen) atoms. The van der Waals surface area contributed by atoms with E-state index >= 15 is 0 Å². The van der Waals surface area contributed by atoms with Crippen molar-refractivity contribution < 1.29 is 13.2 Å². The summed E-state index contributed by atoms with van der Waals surface area (Å²) in [5.74, 6) is 0. The minimum atomic E-state index is -4.33. The molecule has 4 heteroatoms. The van der Waals surface area contributed by atoms with Gasteiger partial charge < -0.3 is 5.73 Å². The number of hydrogen-bond acceptors (Lipinski definition) is 1. The molecular weight excluding hydrogens is 203 g/mol. The maximum absolute atomic E-state index is 12.4. The summed E-state index contributed by atoms with van der Waals surface area (Å²) in [6.07, 6.45) is -2.94. The van der Waals surface area contributed by atoms with Crippen molar-refractivity contribution in [1.82, 2.24) is 0 Å². The van der Waals surface area contributed by atoms with Crippen LogP contribution in [0.2, 0.25) is 0 Å².